The molecule has 0 spiro atoms. The molecular weight excluding hydrogens is 214 g/mol. The van der Waals surface area contributed by atoms with Crippen molar-refractivity contribution in [2.75, 3.05) is 7.11 Å². The summed E-state index contributed by atoms with van der Waals surface area (Å²) in [4.78, 5) is 15.1. The number of ether oxygens (including phenoxy) is 1. The molecule has 0 radical (unpaired) electrons. The molecule has 3 nitrogen and oxygen atoms in total. The fourth-order valence-corrected chi connectivity index (χ4v) is 1.64. The third kappa shape index (κ3) is 2.33. The molecule has 0 saturated carbocycles. The second-order valence-electron chi connectivity index (χ2n) is 3.72. The van der Waals surface area contributed by atoms with Gasteiger partial charge in [0.2, 0.25) is 0 Å². The number of aldehydes is 1. The van der Waals surface area contributed by atoms with Crippen molar-refractivity contribution < 1.29 is 9.53 Å². The number of nitrogens with zero attached hydrogens (tertiary/aromatic N) is 1. The number of methoxy groups -OCH3 is 1. The Balaban J connectivity index is 2.45. The predicted octanol–water partition coefficient (Wildman–Crippen LogP) is 2.88. The first-order valence-corrected chi connectivity index (χ1v) is 5.32. The summed E-state index contributed by atoms with van der Waals surface area (Å²) in [7, 11) is 1.63. The Morgan fingerprint density at radius 1 is 1.24 bits per heavy atom. The summed E-state index contributed by atoms with van der Waals surface area (Å²) in [6.07, 6.45) is 0.817. The molecule has 0 fully saturated rings. The predicted molar refractivity (Wildman–Crippen MR) is 66.3 cm³/mol. The highest BCUT2D eigenvalue weighted by atomic mass is 16.5. The van der Waals surface area contributed by atoms with Crippen LogP contribution in [0.5, 0.6) is 5.75 Å². The minimum absolute atomic E-state index is 0.622. The van der Waals surface area contributed by atoms with E-state index in [4.69, 9.17) is 4.74 Å². The number of rotatable bonds is 3. The van der Waals surface area contributed by atoms with E-state index in [-0.39, 0.29) is 0 Å². The molecule has 0 N–H and O–H groups in total. The Labute approximate surface area is 100 Å². The third-order valence-electron chi connectivity index (χ3n) is 2.62. The smallest absolute Gasteiger partial charge is 0.151 e. The number of aryl methyl sites for hydroxylation is 1. The Morgan fingerprint density at radius 2 is 2.06 bits per heavy atom. The summed E-state index contributed by atoms with van der Waals surface area (Å²) in [5.74, 6) is 0.793. The van der Waals surface area contributed by atoms with Gasteiger partial charge in [-0.05, 0) is 31.2 Å². The standard InChI is InChI=1S/C14H13NO2/c1-10-12(9-16)6-7-14(15-10)11-4-3-5-13(8-11)17-2/h3-9H,1-2H3. The SMILES string of the molecule is COc1cccc(-c2ccc(C=O)c(C)n2)c1. The second-order valence-corrected chi connectivity index (χ2v) is 3.72. The Morgan fingerprint density at radius 3 is 2.71 bits per heavy atom. The van der Waals surface area contributed by atoms with Crippen molar-refractivity contribution in [3.8, 4) is 17.0 Å². The van der Waals surface area contributed by atoms with E-state index in [1.54, 1.807) is 13.2 Å². The van der Waals surface area contributed by atoms with Gasteiger partial charge in [-0.1, -0.05) is 12.1 Å². The van der Waals surface area contributed by atoms with Gasteiger partial charge in [0.05, 0.1) is 12.8 Å². The van der Waals surface area contributed by atoms with Crippen LogP contribution in [0.4, 0.5) is 0 Å². The molecule has 2 aromatic rings. The molecule has 1 aromatic carbocycles. The first-order valence-electron chi connectivity index (χ1n) is 5.32. The van der Waals surface area contributed by atoms with Gasteiger partial charge in [0.15, 0.2) is 6.29 Å². The van der Waals surface area contributed by atoms with Gasteiger partial charge in [0, 0.05) is 16.8 Å². The average molecular weight is 227 g/mol. The lowest BCUT2D eigenvalue weighted by atomic mass is 10.1. The van der Waals surface area contributed by atoms with E-state index in [1.165, 1.54) is 0 Å². The normalized spacial score (nSPS) is 10.0. The van der Waals surface area contributed by atoms with Crippen LogP contribution in [-0.2, 0) is 0 Å². The first-order chi connectivity index (χ1) is 8.24. The molecule has 0 unspecified atom stereocenters. The van der Waals surface area contributed by atoms with Gasteiger partial charge in [-0.25, -0.2) is 0 Å². The van der Waals surface area contributed by atoms with Crippen molar-refractivity contribution in [1.29, 1.82) is 0 Å². The minimum atomic E-state index is 0.622. The highest BCUT2D eigenvalue weighted by Gasteiger charge is 2.04. The lowest BCUT2D eigenvalue weighted by molar-refractivity contribution is 0.112. The maximum Gasteiger partial charge on any atom is 0.151 e. The first kappa shape index (κ1) is 11.3. The molecule has 1 heterocycles. The number of carbonyl (C=O) groups excluding carboxylic acids is 1. The van der Waals surface area contributed by atoms with E-state index in [9.17, 15) is 4.79 Å². The lowest BCUT2D eigenvalue weighted by Gasteiger charge is -2.05. The van der Waals surface area contributed by atoms with Gasteiger partial charge in [0.25, 0.3) is 0 Å². The monoisotopic (exact) mass is 227 g/mol. The molecular formula is C14H13NO2. The molecule has 0 atom stereocenters. The highest BCUT2D eigenvalue weighted by molar-refractivity contribution is 5.77. The Hall–Kier alpha value is -2.16. The van der Waals surface area contributed by atoms with E-state index >= 15 is 0 Å². The van der Waals surface area contributed by atoms with Crippen molar-refractivity contribution in [3.05, 3.63) is 47.7 Å². The Bertz CT molecular complexity index is 550. The number of hydrogen-bond donors (Lipinski definition) is 0. The maximum absolute atomic E-state index is 10.7. The number of benzene rings is 1. The summed E-state index contributed by atoms with van der Waals surface area (Å²) < 4.78 is 5.17. The molecule has 3 heteroatoms. The summed E-state index contributed by atoms with van der Waals surface area (Å²) >= 11 is 0. The van der Waals surface area contributed by atoms with Crippen molar-refractivity contribution in [2.24, 2.45) is 0 Å². The van der Waals surface area contributed by atoms with Gasteiger partial charge in [-0.15, -0.1) is 0 Å². The van der Waals surface area contributed by atoms with Crippen molar-refractivity contribution in [2.45, 2.75) is 6.92 Å². The van der Waals surface area contributed by atoms with Crippen LogP contribution < -0.4 is 4.74 Å². The summed E-state index contributed by atoms with van der Waals surface area (Å²) in [5.41, 5.74) is 3.17. The number of pyridine rings is 1. The second kappa shape index (κ2) is 4.78. The van der Waals surface area contributed by atoms with E-state index < -0.39 is 0 Å². The molecule has 2 rings (SSSR count). The van der Waals surface area contributed by atoms with Gasteiger partial charge >= 0.3 is 0 Å². The fraction of sp³-hybridized carbons (Fsp3) is 0.143. The fourth-order valence-electron chi connectivity index (χ4n) is 1.64. The Kier molecular flexibility index (Phi) is 3.19. The molecule has 86 valence electrons. The van der Waals surface area contributed by atoms with Crippen molar-refractivity contribution in [1.82, 2.24) is 4.98 Å². The van der Waals surface area contributed by atoms with Gasteiger partial charge in [-0.2, -0.15) is 0 Å². The van der Waals surface area contributed by atoms with Crippen LogP contribution in [0.25, 0.3) is 11.3 Å². The molecule has 0 aliphatic rings. The zero-order valence-corrected chi connectivity index (χ0v) is 9.81. The van der Waals surface area contributed by atoms with E-state index in [1.807, 2.05) is 37.3 Å². The molecule has 0 aliphatic heterocycles. The number of hydrogen-bond acceptors (Lipinski definition) is 3. The van der Waals surface area contributed by atoms with Crippen LogP contribution in [-0.4, -0.2) is 18.4 Å². The van der Waals surface area contributed by atoms with Crippen LogP contribution in [0.3, 0.4) is 0 Å². The van der Waals surface area contributed by atoms with E-state index in [0.29, 0.717) is 5.56 Å². The number of carbonyl (C=O) groups is 1. The largest absolute Gasteiger partial charge is 0.497 e. The van der Waals surface area contributed by atoms with E-state index in [0.717, 1.165) is 29.0 Å². The zero-order chi connectivity index (χ0) is 12.3. The molecule has 0 aliphatic carbocycles. The topological polar surface area (TPSA) is 39.2 Å². The van der Waals surface area contributed by atoms with Gasteiger partial charge < -0.3 is 4.74 Å². The highest BCUT2D eigenvalue weighted by Crippen LogP contribution is 2.22. The maximum atomic E-state index is 10.7. The zero-order valence-electron chi connectivity index (χ0n) is 9.81. The van der Waals surface area contributed by atoms with Crippen LogP contribution in [0.2, 0.25) is 0 Å². The molecule has 17 heavy (non-hydrogen) atoms. The van der Waals surface area contributed by atoms with Crippen LogP contribution in [0.1, 0.15) is 16.1 Å². The third-order valence-corrected chi connectivity index (χ3v) is 2.62. The van der Waals surface area contributed by atoms with E-state index in [2.05, 4.69) is 4.98 Å². The summed E-state index contributed by atoms with van der Waals surface area (Å²) in [6, 6.07) is 11.3. The average Bonchev–Trinajstić information content (AvgIpc) is 2.38. The summed E-state index contributed by atoms with van der Waals surface area (Å²) in [5, 5.41) is 0. The molecule has 0 bridgehead atoms. The minimum Gasteiger partial charge on any atom is -0.497 e. The molecule has 1 aromatic heterocycles. The van der Waals surface area contributed by atoms with Gasteiger partial charge in [0.1, 0.15) is 5.75 Å². The lowest BCUT2D eigenvalue weighted by Crippen LogP contribution is -1.93. The van der Waals surface area contributed by atoms with Crippen molar-refractivity contribution in [3.63, 3.8) is 0 Å². The summed E-state index contributed by atoms with van der Waals surface area (Å²) in [6.45, 7) is 1.83. The quantitative estimate of drug-likeness (QED) is 0.757. The van der Waals surface area contributed by atoms with Crippen LogP contribution >= 0.6 is 0 Å². The number of aromatic nitrogens is 1. The molecule has 0 saturated heterocycles. The van der Waals surface area contributed by atoms with Crippen LogP contribution in [0, 0.1) is 6.92 Å². The van der Waals surface area contributed by atoms with Gasteiger partial charge in [-0.3, -0.25) is 9.78 Å². The van der Waals surface area contributed by atoms with Crippen LogP contribution in [0.15, 0.2) is 36.4 Å². The molecule has 0 amide bonds. The van der Waals surface area contributed by atoms with Crippen molar-refractivity contribution >= 4 is 6.29 Å².